The molecule has 4 rings (SSSR count). The number of primary amides is 1. The standard InChI is InChI=1S/C27H21N3O4S/c1-2-25(31)30-19-12-10-18(11-13-19)24-17-21(35(33,34)20-7-4-3-5-8-20)14-15-22(24)26-23(27(28)32)9-6-16-29-26/h2-17H,1H2,(H2,28,32)(H,30,31). The molecule has 174 valence electrons. The Morgan fingerprint density at radius 2 is 1.57 bits per heavy atom. The van der Waals surface area contributed by atoms with Gasteiger partial charge in [-0.1, -0.05) is 43.0 Å². The molecular weight excluding hydrogens is 462 g/mol. The van der Waals surface area contributed by atoms with Crippen molar-refractivity contribution in [2.45, 2.75) is 9.79 Å². The van der Waals surface area contributed by atoms with Crippen molar-refractivity contribution in [1.29, 1.82) is 0 Å². The molecule has 35 heavy (non-hydrogen) atoms. The van der Waals surface area contributed by atoms with Gasteiger partial charge in [-0.25, -0.2) is 8.42 Å². The Hall–Kier alpha value is -4.56. The first-order valence-corrected chi connectivity index (χ1v) is 12.0. The summed E-state index contributed by atoms with van der Waals surface area (Å²) in [5.74, 6) is -1.00. The van der Waals surface area contributed by atoms with E-state index < -0.39 is 15.7 Å². The highest BCUT2D eigenvalue weighted by Gasteiger charge is 2.22. The van der Waals surface area contributed by atoms with Gasteiger partial charge in [0.25, 0.3) is 5.91 Å². The predicted octanol–water partition coefficient (Wildman–Crippen LogP) is 4.47. The smallest absolute Gasteiger partial charge is 0.250 e. The molecule has 1 aromatic heterocycles. The van der Waals surface area contributed by atoms with Crippen LogP contribution in [0.5, 0.6) is 0 Å². The lowest BCUT2D eigenvalue weighted by molar-refractivity contribution is -0.111. The van der Waals surface area contributed by atoms with E-state index in [0.717, 1.165) is 6.08 Å². The van der Waals surface area contributed by atoms with Crippen molar-refractivity contribution < 1.29 is 18.0 Å². The van der Waals surface area contributed by atoms with Crippen molar-refractivity contribution in [3.63, 3.8) is 0 Å². The molecule has 0 fully saturated rings. The van der Waals surface area contributed by atoms with Crippen molar-refractivity contribution in [3.8, 4) is 22.4 Å². The van der Waals surface area contributed by atoms with Crippen LogP contribution < -0.4 is 11.1 Å². The van der Waals surface area contributed by atoms with Crippen LogP contribution in [0.2, 0.25) is 0 Å². The number of benzene rings is 3. The summed E-state index contributed by atoms with van der Waals surface area (Å²) in [7, 11) is -3.80. The van der Waals surface area contributed by atoms with Crippen LogP contribution >= 0.6 is 0 Å². The minimum absolute atomic E-state index is 0.0862. The fourth-order valence-corrected chi connectivity index (χ4v) is 4.92. The van der Waals surface area contributed by atoms with Gasteiger partial charge in [0.05, 0.1) is 21.0 Å². The SMILES string of the molecule is C=CC(=O)Nc1ccc(-c2cc(S(=O)(=O)c3ccccc3)ccc2-c2ncccc2C(N)=O)cc1. The number of sulfone groups is 1. The number of hydrogen-bond acceptors (Lipinski definition) is 5. The summed E-state index contributed by atoms with van der Waals surface area (Å²) in [5.41, 5.74) is 8.39. The molecule has 0 spiro atoms. The van der Waals surface area contributed by atoms with Gasteiger partial charge in [0.2, 0.25) is 15.7 Å². The van der Waals surface area contributed by atoms with E-state index in [-0.39, 0.29) is 21.3 Å². The van der Waals surface area contributed by atoms with Gasteiger partial charge in [0.15, 0.2) is 0 Å². The zero-order valence-corrected chi connectivity index (χ0v) is 19.3. The van der Waals surface area contributed by atoms with Gasteiger partial charge in [-0.15, -0.1) is 0 Å². The lowest BCUT2D eigenvalue weighted by atomic mass is 9.95. The Morgan fingerprint density at radius 1 is 0.857 bits per heavy atom. The van der Waals surface area contributed by atoms with E-state index in [9.17, 15) is 18.0 Å². The van der Waals surface area contributed by atoms with Crippen LogP contribution in [0.15, 0.2) is 114 Å². The molecule has 0 atom stereocenters. The molecule has 4 aromatic rings. The maximum atomic E-state index is 13.3. The van der Waals surface area contributed by atoms with Gasteiger partial charge >= 0.3 is 0 Å². The highest BCUT2D eigenvalue weighted by molar-refractivity contribution is 7.91. The van der Waals surface area contributed by atoms with Crippen LogP contribution in [0.4, 0.5) is 5.69 Å². The molecule has 0 saturated heterocycles. The summed E-state index contributed by atoms with van der Waals surface area (Å²) in [4.78, 5) is 28.3. The maximum absolute atomic E-state index is 13.3. The number of amides is 2. The van der Waals surface area contributed by atoms with Crippen LogP contribution in [0.3, 0.4) is 0 Å². The van der Waals surface area contributed by atoms with E-state index in [2.05, 4.69) is 16.9 Å². The number of pyridine rings is 1. The van der Waals surface area contributed by atoms with Gasteiger partial charge < -0.3 is 11.1 Å². The Morgan fingerprint density at radius 3 is 2.23 bits per heavy atom. The van der Waals surface area contributed by atoms with Crippen LogP contribution in [-0.2, 0) is 14.6 Å². The number of rotatable bonds is 7. The van der Waals surface area contributed by atoms with E-state index in [1.807, 2.05) is 0 Å². The number of nitrogens with two attached hydrogens (primary N) is 1. The van der Waals surface area contributed by atoms with Crippen LogP contribution in [0, 0.1) is 0 Å². The highest BCUT2D eigenvalue weighted by Crippen LogP contribution is 2.36. The number of hydrogen-bond donors (Lipinski definition) is 2. The van der Waals surface area contributed by atoms with Gasteiger partial charge in [0.1, 0.15) is 0 Å². The fourth-order valence-electron chi connectivity index (χ4n) is 3.62. The quantitative estimate of drug-likeness (QED) is 0.376. The number of nitrogens with one attached hydrogen (secondary N) is 1. The molecule has 0 unspecified atom stereocenters. The molecule has 7 nitrogen and oxygen atoms in total. The number of anilines is 1. The number of nitrogens with zero attached hydrogens (tertiary/aromatic N) is 1. The predicted molar refractivity (Wildman–Crippen MR) is 134 cm³/mol. The summed E-state index contributed by atoms with van der Waals surface area (Å²) in [6.45, 7) is 3.43. The van der Waals surface area contributed by atoms with E-state index >= 15 is 0 Å². The third-order valence-electron chi connectivity index (χ3n) is 5.33. The van der Waals surface area contributed by atoms with E-state index in [1.165, 1.54) is 24.4 Å². The molecule has 1 heterocycles. The Balaban J connectivity index is 1.91. The second-order valence-electron chi connectivity index (χ2n) is 7.56. The zero-order chi connectivity index (χ0) is 25.0. The molecule has 3 N–H and O–H groups in total. The molecule has 0 bridgehead atoms. The number of carbonyl (C=O) groups excluding carboxylic acids is 2. The maximum Gasteiger partial charge on any atom is 0.250 e. The van der Waals surface area contributed by atoms with Crippen molar-refractivity contribution >= 4 is 27.3 Å². The Labute approximate surface area is 202 Å². The van der Waals surface area contributed by atoms with Crippen molar-refractivity contribution in [2.75, 3.05) is 5.32 Å². The molecule has 8 heteroatoms. The summed E-state index contributed by atoms with van der Waals surface area (Å²) < 4.78 is 26.6. The fraction of sp³-hybridized carbons (Fsp3) is 0. The third kappa shape index (κ3) is 4.87. The van der Waals surface area contributed by atoms with Gasteiger partial charge in [-0.05, 0) is 65.7 Å². The number of aromatic nitrogens is 1. The molecule has 0 aliphatic carbocycles. The second-order valence-corrected chi connectivity index (χ2v) is 9.51. The van der Waals surface area contributed by atoms with E-state index in [1.54, 1.807) is 66.7 Å². The molecule has 0 aliphatic rings. The first-order chi connectivity index (χ1) is 16.8. The minimum Gasteiger partial charge on any atom is -0.366 e. The molecular formula is C27H21N3O4S. The first-order valence-electron chi connectivity index (χ1n) is 10.5. The number of carbonyl (C=O) groups is 2. The Kier molecular flexibility index (Phi) is 6.57. The minimum atomic E-state index is -3.80. The largest absolute Gasteiger partial charge is 0.366 e. The highest BCUT2D eigenvalue weighted by atomic mass is 32.2. The topological polar surface area (TPSA) is 119 Å². The van der Waals surface area contributed by atoms with Crippen LogP contribution in [-0.4, -0.2) is 25.2 Å². The van der Waals surface area contributed by atoms with Crippen molar-refractivity contribution in [1.82, 2.24) is 4.98 Å². The van der Waals surface area contributed by atoms with Crippen molar-refractivity contribution in [2.24, 2.45) is 5.73 Å². The molecule has 2 amide bonds. The van der Waals surface area contributed by atoms with E-state index in [4.69, 9.17) is 5.73 Å². The molecule has 3 aromatic carbocycles. The third-order valence-corrected chi connectivity index (χ3v) is 7.10. The Bertz CT molecular complexity index is 1530. The zero-order valence-electron chi connectivity index (χ0n) is 18.5. The normalized spacial score (nSPS) is 11.0. The lowest BCUT2D eigenvalue weighted by Crippen LogP contribution is -2.13. The van der Waals surface area contributed by atoms with Crippen LogP contribution in [0.1, 0.15) is 10.4 Å². The van der Waals surface area contributed by atoms with Gasteiger partial charge in [-0.3, -0.25) is 14.6 Å². The molecule has 0 radical (unpaired) electrons. The van der Waals surface area contributed by atoms with Crippen molar-refractivity contribution in [3.05, 3.63) is 109 Å². The summed E-state index contributed by atoms with van der Waals surface area (Å²) in [6, 6.07) is 22.8. The molecule has 0 saturated carbocycles. The lowest BCUT2D eigenvalue weighted by Gasteiger charge is -2.15. The first kappa shape index (κ1) is 23.6. The molecule has 0 aliphatic heterocycles. The summed E-state index contributed by atoms with van der Waals surface area (Å²) in [6.07, 6.45) is 2.70. The second kappa shape index (κ2) is 9.74. The van der Waals surface area contributed by atoms with Crippen LogP contribution in [0.25, 0.3) is 22.4 Å². The average Bonchev–Trinajstić information content (AvgIpc) is 2.89. The average molecular weight is 484 g/mol. The van der Waals surface area contributed by atoms with Gasteiger partial charge in [0, 0.05) is 17.4 Å². The monoisotopic (exact) mass is 483 g/mol. The summed E-state index contributed by atoms with van der Waals surface area (Å²) in [5, 5.41) is 2.67. The summed E-state index contributed by atoms with van der Waals surface area (Å²) >= 11 is 0. The van der Waals surface area contributed by atoms with E-state index in [0.29, 0.717) is 28.1 Å². The van der Waals surface area contributed by atoms with Gasteiger partial charge in [-0.2, -0.15) is 0 Å².